The normalized spacial score (nSPS) is 19.4. The lowest BCUT2D eigenvalue weighted by Gasteiger charge is -2.28. The van der Waals surface area contributed by atoms with Crippen molar-refractivity contribution >= 4 is 5.97 Å². The lowest BCUT2D eigenvalue weighted by atomic mass is 9.88. The van der Waals surface area contributed by atoms with E-state index in [9.17, 15) is 13.6 Å². The summed E-state index contributed by atoms with van der Waals surface area (Å²) >= 11 is 0. The van der Waals surface area contributed by atoms with Crippen molar-refractivity contribution < 1.29 is 23.0 Å². The number of halogens is 2. The summed E-state index contributed by atoms with van der Waals surface area (Å²) in [6.07, 6.45) is 7.25. The molecule has 1 heterocycles. The Hall–Kier alpha value is -2.57. The molecule has 7 heteroatoms. The molecule has 32 heavy (non-hydrogen) atoms. The molecule has 0 aliphatic heterocycles. The summed E-state index contributed by atoms with van der Waals surface area (Å²) in [6, 6.07) is 4.74. The van der Waals surface area contributed by atoms with Crippen molar-refractivity contribution in [1.29, 1.82) is 0 Å². The summed E-state index contributed by atoms with van der Waals surface area (Å²) in [7, 11) is 0. The van der Waals surface area contributed by atoms with Gasteiger partial charge in [0, 0.05) is 18.0 Å². The van der Waals surface area contributed by atoms with Gasteiger partial charge in [-0.2, -0.15) is 0 Å². The van der Waals surface area contributed by atoms with Gasteiger partial charge >= 0.3 is 5.97 Å². The lowest BCUT2D eigenvalue weighted by Crippen LogP contribution is -2.30. The highest BCUT2D eigenvalue weighted by atomic mass is 19.1. The highest BCUT2D eigenvalue weighted by Crippen LogP contribution is 2.29. The first-order chi connectivity index (χ1) is 15.5. The predicted octanol–water partition coefficient (Wildman–Crippen LogP) is 5.85. The average molecular weight is 447 g/mol. The third kappa shape index (κ3) is 6.71. The highest BCUT2D eigenvalue weighted by molar-refractivity contribution is 5.74. The third-order valence-corrected chi connectivity index (χ3v) is 5.92. The smallest absolute Gasteiger partial charge is 0.340 e. The number of hydrogen-bond acceptors (Lipinski definition) is 5. The summed E-state index contributed by atoms with van der Waals surface area (Å²) in [5, 5.41) is 0. The van der Waals surface area contributed by atoms with Gasteiger partial charge in [0.1, 0.15) is 6.10 Å². The van der Waals surface area contributed by atoms with Crippen LogP contribution in [0.2, 0.25) is 0 Å². The van der Waals surface area contributed by atoms with Crippen LogP contribution >= 0.6 is 0 Å². The molecule has 2 aromatic rings. The number of carbonyl (C=O) groups excluding carboxylic acids is 1. The van der Waals surface area contributed by atoms with Crippen LogP contribution in [0, 0.1) is 11.7 Å². The number of aromatic nitrogens is 2. The minimum atomic E-state index is -1.53. The van der Waals surface area contributed by atoms with Crippen LogP contribution in [-0.2, 0) is 16.0 Å². The number of ether oxygens (including phenoxy) is 2. The first-order valence-corrected chi connectivity index (χ1v) is 11.6. The van der Waals surface area contributed by atoms with Crippen LogP contribution in [0.15, 0.2) is 30.6 Å². The minimum absolute atomic E-state index is 0.198. The number of esters is 1. The number of carbonyl (C=O) groups is 1. The van der Waals surface area contributed by atoms with Crippen molar-refractivity contribution in [3.63, 3.8) is 0 Å². The van der Waals surface area contributed by atoms with E-state index >= 15 is 0 Å². The molecule has 1 fully saturated rings. The number of benzene rings is 1. The Morgan fingerprint density at radius 2 is 1.88 bits per heavy atom. The molecule has 1 aromatic carbocycles. The van der Waals surface area contributed by atoms with Crippen molar-refractivity contribution in [2.45, 2.75) is 77.5 Å². The van der Waals surface area contributed by atoms with Crippen LogP contribution in [0.1, 0.15) is 64.4 Å². The summed E-state index contributed by atoms with van der Waals surface area (Å²) in [4.78, 5) is 20.4. The van der Waals surface area contributed by atoms with E-state index in [1.54, 1.807) is 24.5 Å². The molecule has 1 saturated carbocycles. The van der Waals surface area contributed by atoms with Crippen LogP contribution in [0.3, 0.4) is 0 Å². The van der Waals surface area contributed by atoms with Crippen molar-refractivity contribution in [1.82, 2.24) is 9.97 Å². The molecule has 0 N–H and O–H groups in total. The molecule has 0 saturated heterocycles. The van der Waals surface area contributed by atoms with Crippen molar-refractivity contribution in [2.24, 2.45) is 5.92 Å². The summed E-state index contributed by atoms with van der Waals surface area (Å²) in [5.41, 5.74) is 1.63. The fourth-order valence-electron chi connectivity index (χ4n) is 3.81. The van der Waals surface area contributed by atoms with Crippen LogP contribution in [0.5, 0.6) is 5.75 Å². The maximum atomic E-state index is 14.5. The monoisotopic (exact) mass is 446 g/mol. The van der Waals surface area contributed by atoms with E-state index in [-0.39, 0.29) is 24.2 Å². The van der Waals surface area contributed by atoms with E-state index in [1.807, 2.05) is 13.8 Å². The second-order valence-electron chi connectivity index (χ2n) is 8.41. The summed E-state index contributed by atoms with van der Waals surface area (Å²) in [5.74, 6) is -0.271. The third-order valence-electron chi connectivity index (χ3n) is 5.92. The highest BCUT2D eigenvalue weighted by Gasteiger charge is 2.27. The fraction of sp³-hybridized carbons (Fsp3) is 0.560. The van der Waals surface area contributed by atoms with Crippen molar-refractivity contribution in [3.05, 3.63) is 42.0 Å². The number of rotatable bonds is 10. The molecule has 1 aromatic heterocycles. The quantitative estimate of drug-likeness (QED) is 0.428. The molecule has 0 unspecified atom stereocenters. The van der Waals surface area contributed by atoms with Gasteiger partial charge in [0.25, 0.3) is 0 Å². The predicted molar refractivity (Wildman–Crippen MR) is 119 cm³/mol. The van der Waals surface area contributed by atoms with Crippen molar-refractivity contribution in [3.8, 4) is 17.1 Å². The minimum Gasteiger partial charge on any atom is -0.490 e. The van der Waals surface area contributed by atoms with Crippen LogP contribution in [-0.4, -0.2) is 34.8 Å². The van der Waals surface area contributed by atoms with Gasteiger partial charge in [-0.3, -0.25) is 0 Å². The van der Waals surface area contributed by atoms with E-state index in [0.717, 1.165) is 31.2 Å². The van der Waals surface area contributed by atoms with Gasteiger partial charge in [-0.1, -0.05) is 26.7 Å². The molecule has 1 aliphatic rings. The SMILES string of the molecule is CCCC[C@H](F)C(=O)OC1CCC(COc2ccc(-c3ncc(CC)cn3)cc2F)CC1. The van der Waals surface area contributed by atoms with Crippen LogP contribution in [0.25, 0.3) is 11.4 Å². The Kier molecular flexibility index (Phi) is 8.94. The van der Waals surface area contributed by atoms with Gasteiger partial charge in [0.2, 0.25) is 0 Å². The second-order valence-corrected chi connectivity index (χ2v) is 8.41. The van der Waals surface area contributed by atoms with E-state index in [1.165, 1.54) is 6.07 Å². The topological polar surface area (TPSA) is 61.3 Å². The largest absolute Gasteiger partial charge is 0.490 e. The molecule has 3 rings (SSSR count). The Balaban J connectivity index is 1.45. The van der Waals surface area contributed by atoms with Gasteiger partial charge in [-0.25, -0.2) is 23.5 Å². The zero-order chi connectivity index (χ0) is 22.9. The van der Waals surface area contributed by atoms with Gasteiger partial charge in [0.05, 0.1) is 6.61 Å². The Bertz CT molecular complexity index is 868. The van der Waals surface area contributed by atoms with E-state index in [2.05, 4.69) is 9.97 Å². The first kappa shape index (κ1) is 24.1. The number of alkyl halides is 1. The maximum Gasteiger partial charge on any atom is 0.340 e. The Morgan fingerprint density at radius 1 is 1.16 bits per heavy atom. The molecule has 5 nitrogen and oxygen atoms in total. The zero-order valence-electron chi connectivity index (χ0n) is 18.9. The molecule has 0 spiro atoms. The van der Waals surface area contributed by atoms with Gasteiger partial charge in [-0.05, 0) is 68.2 Å². The Labute approximate surface area is 188 Å². The molecule has 0 radical (unpaired) electrons. The van der Waals surface area contributed by atoms with Crippen LogP contribution < -0.4 is 4.74 Å². The first-order valence-electron chi connectivity index (χ1n) is 11.6. The standard InChI is InChI=1S/C25H32F2N2O3/c1-3-5-6-21(26)25(30)32-20-10-7-18(8-11-20)16-31-23-12-9-19(13-22(23)27)24-28-14-17(4-2)15-29-24/h9,12-15,18,20-21H,3-8,10-11,16H2,1-2H3/t18?,20?,21-/m0/s1. The van der Waals surface area contributed by atoms with E-state index in [4.69, 9.17) is 9.47 Å². The lowest BCUT2D eigenvalue weighted by molar-refractivity contribution is -0.157. The zero-order valence-corrected chi connectivity index (χ0v) is 18.9. The molecule has 1 atom stereocenters. The number of aryl methyl sites for hydroxylation is 1. The molecule has 174 valence electrons. The second kappa shape index (κ2) is 11.9. The number of nitrogens with zero attached hydrogens (tertiary/aromatic N) is 2. The van der Waals surface area contributed by atoms with Gasteiger partial charge in [-0.15, -0.1) is 0 Å². The molecule has 0 amide bonds. The summed E-state index contributed by atoms with van der Waals surface area (Å²) in [6.45, 7) is 4.37. The van der Waals surface area contributed by atoms with Gasteiger partial charge in [0.15, 0.2) is 23.6 Å². The van der Waals surface area contributed by atoms with E-state index in [0.29, 0.717) is 37.3 Å². The Morgan fingerprint density at radius 3 is 2.50 bits per heavy atom. The fourth-order valence-corrected chi connectivity index (χ4v) is 3.81. The number of unbranched alkanes of at least 4 members (excludes halogenated alkanes) is 1. The average Bonchev–Trinajstić information content (AvgIpc) is 2.82. The van der Waals surface area contributed by atoms with Gasteiger partial charge < -0.3 is 9.47 Å². The maximum absolute atomic E-state index is 14.5. The molecular formula is C25H32F2N2O3. The summed E-state index contributed by atoms with van der Waals surface area (Å²) < 4.78 is 39.4. The molecule has 1 aliphatic carbocycles. The molecule has 0 bridgehead atoms. The molecular weight excluding hydrogens is 414 g/mol. The number of hydrogen-bond donors (Lipinski definition) is 0. The van der Waals surface area contributed by atoms with Crippen LogP contribution in [0.4, 0.5) is 8.78 Å². The van der Waals surface area contributed by atoms with Crippen molar-refractivity contribution in [2.75, 3.05) is 6.61 Å². The van der Waals surface area contributed by atoms with E-state index < -0.39 is 18.0 Å².